The Labute approximate surface area is 117 Å². The second kappa shape index (κ2) is 5.62. The van der Waals surface area contributed by atoms with E-state index in [0.717, 1.165) is 0 Å². The van der Waals surface area contributed by atoms with Gasteiger partial charge in [0.1, 0.15) is 0 Å². The Hall–Kier alpha value is -1.89. The van der Waals surface area contributed by atoms with E-state index in [4.69, 9.17) is 5.11 Å². The third-order valence-corrected chi connectivity index (χ3v) is 4.74. The van der Waals surface area contributed by atoms with Gasteiger partial charge >= 0.3 is 11.7 Å². The normalized spacial score (nSPS) is 14.3. The Kier molecular flexibility index (Phi) is 4.08. The topological polar surface area (TPSA) is 92.2 Å². The number of aromatic carboxylic acids is 1. The van der Waals surface area contributed by atoms with Crippen LogP contribution in [-0.2, 0) is 17.3 Å². The number of para-hydroxylation sites is 1. The third-order valence-electron chi connectivity index (χ3n) is 3.37. The molecular weight excluding hydrogens is 280 g/mol. The summed E-state index contributed by atoms with van der Waals surface area (Å²) in [7, 11) is -0.944. The van der Waals surface area contributed by atoms with Gasteiger partial charge in [-0.15, -0.1) is 0 Å². The van der Waals surface area contributed by atoms with Crippen LogP contribution in [0, 0.1) is 0 Å². The number of fused-ring (bicyclic) bond motifs is 1. The summed E-state index contributed by atoms with van der Waals surface area (Å²) in [5, 5.41) is 9.08. The summed E-state index contributed by atoms with van der Waals surface area (Å²) in [6.45, 7) is 2.27. The van der Waals surface area contributed by atoms with Crippen LogP contribution in [0.2, 0.25) is 0 Å². The molecule has 1 heterocycles. The van der Waals surface area contributed by atoms with Crippen LogP contribution in [0.25, 0.3) is 11.0 Å². The molecule has 108 valence electrons. The molecule has 0 saturated heterocycles. The number of nitrogens with zero attached hydrogens (tertiary/aromatic N) is 1. The zero-order chi connectivity index (χ0) is 14.9. The van der Waals surface area contributed by atoms with Crippen molar-refractivity contribution in [2.45, 2.75) is 25.1 Å². The van der Waals surface area contributed by atoms with Crippen LogP contribution in [0.5, 0.6) is 0 Å². The van der Waals surface area contributed by atoms with E-state index in [1.807, 2.05) is 6.92 Å². The molecule has 2 atom stereocenters. The minimum Gasteiger partial charge on any atom is -0.478 e. The lowest BCUT2D eigenvalue weighted by atomic mass is 10.2. The predicted octanol–water partition coefficient (Wildman–Crippen LogP) is 1.18. The summed E-state index contributed by atoms with van der Waals surface area (Å²) in [5.41, 5.74) is 0.618. The van der Waals surface area contributed by atoms with Crippen molar-refractivity contribution in [2.75, 3.05) is 6.26 Å². The molecule has 2 unspecified atom stereocenters. The number of carboxylic acids is 1. The van der Waals surface area contributed by atoms with Crippen LogP contribution < -0.4 is 5.69 Å². The SMILES string of the molecule is CC(CCn1c(=O)[nH]c2c(C(=O)O)cccc21)S(C)=O. The molecule has 2 aromatic rings. The number of benzene rings is 1. The Bertz CT molecular complexity index is 732. The summed E-state index contributed by atoms with van der Waals surface area (Å²) >= 11 is 0. The smallest absolute Gasteiger partial charge is 0.337 e. The van der Waals surface area contributed by atoms with Crippen molar-refractivity contribution in [3.63, 3.8) is 0 Å². The second-order valence-corrected chi connectivity index (χ2v) is 6.49. The van der Waals surface area contributed by atoms with E-state index in [1.165, 1.54) is 10.6 Å². The number of aromatic amines is 1. The lowest BCUT2D eigenvalue weighted by Gasteiger charge is -2.08. The molecule has 20 heavy (non-hydrogen) atoms. The number of carbonyl (C=O) groups is 1. The molecule has 0 radical (unpaired) electrons. The molecular formula is C13H16N2O4S. The van der Waals surface area contributed by atoms with Crippen molar-refractivity contribution in [1.82, 2.24) is 9.55 Å². The molecule has 0 aliphatic carbocycles. The van der Waals surface area contributed by atoms with Crippen LogP contribution in [0.15, 0.2) is 23.0 Å². The average Bonchev–Trinajstić information content (AvgIpc) is 2.70. The summed E-state index contributed by atoms with van der Waals surface area (Å²) in [6, 6.07) is 4.76. The molecule has 2 rings (SSSR count). The fourth-order valence-electron chi connectivity index (χ4n) is 2.06. The molecule has 0 bridgehead atoms. The van der Waals surface area contributed by atoms with Gasteiger partial charge in [0.05, 0.1) is 16.6 Å². The molecule has 1 aromatic heterocycles. The van der Waals surface area contributed by atoms with Gasteiger partial charge in [-0.1, -0.05) is 13.0 Å². The number of aromatic nitrogens is 2. The van der Waals surface area contributed by atoms with E-state index in [1.54, 1.807) is 18.4 Å². The third kappa shape index (κ3) is 2.67. The van der Waals surface area contributed by atoms with Crippen molar-refractivity contribution in [1.29, 1.82) is 0 Å². The average molecular weight is 296 g/mol. The van der Waals surface area contributed by atoms with E-state index >= 15 is 0 Å². The van der Waals surface area contributed by atoms with Crippen molar-refractivity contribution < 1.29 is 14.1 Å². The maximum Gasteiger partial charge on any atom is 0.337 e. The molecule has 1 aromatic carbocycles. The summed E-state index contributed by atoms with van der Waals surface area (Å²) in [4.78, 5) is 25.6. The zero-order valence-corrected chi connectivity index (χ0v) is 12.1. The quantitative estimate of drug-likeness (QED) is 0.866. The first-order valence-corrected chi connectivity index (χ1v) is 7.81. The number of H-pyrrole nitrogens is 1. The first-order chi connectivity index (χ1) is 9.41. The van der Waals surface area contributed by atoms with Gasteiger partial charge in [-0.2, -0.15) is 0 Å². The predicted molar refractivity (Wildman–Crippen MR) is 77.7 cm³/mol. The van der Waals surface area contributed by atoms with E-state index in [2.05, 4.69) is 4.98 Å². The van der Waals surface area contributed by atoms with Crippen LogP contribution in [0.3, 0.4) is 0 Å². The molecule has 0 spiro atoms. The zero-order valence-electron chi connectivity index (χ0n) is 11.3. The molecule has 0 amide bonds. The van der Waals surface area contributed by atoms with Crippen LogP contribution in [0.1, 0.15) is 23.7 Å². The fraction of sp³-hybridized carbons (Fsp3) is 0.385. The Morgan fingerprint density at radius 1 is 1.50 bits per heavy atom. The van der Waals surface area contributed by atoms with E-state index in [9.17, 15) is 13.8 Å². The minimum atomic E-state index is -1.08. The lowest BCUT2D eigenvalue weighted by Crippen LogP contribution is -2.20. The van der Waals surface area contributed by atoms with Gasteiger partial charge < -0.3 is 10.1 Å². The highest BCUT2D eigenvalue weighted by Crippen LogP contribution is 2.16. The van der Waals surface area contributed by atoms with Crippen molar-refractivity contribution in [3.05, 3.63) is 34.2 Å². The Morgan fingerprint density at radius 3 is 2.80 bits per heavy atom. The van der Waals surface area contributed by atoms with Gasteiger partial charge in [0.15, 0.2) is 0 Å². The minimum absolute atomic E-state index is 0.0190. The van der Waals surface area contributed by atoms with E-state index < -0.39 is 16.8 Å². The van der Waals surface area contributed by atoms with Gasteiger partial charge in [0.25, 0.3) is 0 Å². The van der Waals surface area contributed by atoms with Gasteiger partial charge in [0, 0.05) is 28.9 Å². The van der Waals surface area contributed by atoms with Crippen molar-refractivity contribution in [2.24, 2.45) is 0 Å². The Balaban J connectivity index is 2.42. The van der Waals surface area contributed by atoms with Crippen LogP contribution in [-0.4, -0.2) is 36.3 Å². The van der Waals surface area contributed by atoms with E-state index in [-0.39, 0.29) is 16.5 Å². The van der Waals surface area contributed by atoms with Gasteiger partial charge in [-0.3, -0.25) is 8.78 Å². The van der Waals surface area contributed by atoms with Gasteiger partial charge in [-0.25, -0.2) is 9.59 Å². The summed E-state index contributed by atoms with van der Waals surface area (Å²) in [5.74, 6) is -1.08. The van der Waals surface area contributed by atoms with Gasteiger partial charge in [-0.05, 0) is 18.6 Å². The fourth-order valence-corrected chi connectivity index (χ4v) is 2.49. The van der Waals surface area contributed by atoms with E-state index in [0.29, 0.717) is 24.0 Å². The summed E-state index contributed by atoms with van der Waals surface area (Å²) < 4.78 is 12.8. The van der Waals surface area contributed by atoms with Crippen LogP contribution in [0.4, 0.5) is 0 Å². The number of hydrogen-bond donors (Lipinski definition) is 2. The second-order valence-electron chi connectivity index (χ2n) is 4.68. The molecule has 0 aliphatic rings. The van der Waals surface area contributed by atoms with Crippen LogP contribution >= 0.6 is 0 Å². The van der Waals surface area contributed by atoms with Crippen molar-refractivity contribution >= 4 is 27.8 Å². The molecule has 7 heteroatoms. The first-order valence-electron chi connectivity index (χ1n) is 6.19. The standard InChI is InChI=1S/C13H16N2O4S/c1-8(20(2)19)6-7-15-10-5-3-4-9(12(16)17)11(10)14-13(15)18/h3-5,8H,6-7H2,1-2H3,(H,14,18)(H,16,17). The number of aryl methyl sites for hydroxylation is 1. The monoisotopic (exact) mass is 296 g/mol. The molecule has 0 fully saturated rings. The molecule has 6 nitrogen and oxygen atoms in total. The Morgan fingerprint density at radius 2 is 2.20 bits per heavy atom. The molecule has 0 saturated carbocycles. The molecule has 2 N–H and O–H groups in total. The highest BCUT2D eigenvalue weighted by atomic mass is 32.2. The number of imidazole rings is 1. The number of nitrogens with one attached hydrogen (secondary N) is 1. The summed E-state index contributed by atoms with van der Waals surface area (Å²) in [6.07, 6.45) is 2.22. The van der Waals surface area contributed by atoms with Gasteiger partial charge in [0.2, 0.25) is 0 Å². The first kappa shape index (κ1) is 14.5. The number of rotatable bonds is 5. The highest BCUT2D eigenvalue weighted by molar-refractivity contribution is 7.84. The molecule has 0 aliphatic heterocycles. The maximum atomic E-state index is 11.9. The van der Waals surface area contributed by atoms with Crippen molar-refractivity contribution in [3.8, 4) is 0 Å². The number of hydrogen-bond acceptors (Lipinski definition) is 3. The maximum absolute atomic E-state index is 11.9. The highest BCUT2D eigenvalue weighted by Gasteiger charge is 2.15. The lowest BCUT2D eigenvalue weighted by molar-refractivity contribution is 0.0699. The number of carboxylic acid groups (broad SMARTS) is 1. The largest absolute Gasteiger partial charge is 0.478 e.